The van der Waals surface area contributed by atoms with Crippen LogP contribution in [0.1, 0.15) is 34.6 Å². The summed E-state index contributed by atoms with van der Waals surface area (Å²) >= 11 is 0. The van der Waals surface area contributed by atoms with Crippen LogP contribution in [0.2, 0.25) is 0 Å². The summed E-state index contributed by atoms with van der Waals surface area (Å²) in [6, 6.07) is 1.87. The predicted octanol–water partition coefficient (Wildman–Crippen LogP) is 1.49. The Morgan fingerprint density at radius 1 is 1.50 bits per heavy atom. The molecular formula is C12H15NO3. The molecule has 16 heavy (non-hydrogen) atoms. The molecule has 1 aliphatic rings. The monoisotopic (exact) mass is 221 g/mol. The number of carbonyl (C=O) groups is 2. The van der Waals surface area contributed by atoms with Crippen molar-refractivity contribution in [2.24, 2.45) is 0 Å². The summed E-state index contributed by atoms with van der Waals surface area (Å²) in [5.74, 6) is -0.0903. The molecule has 1 aliphatic carbocycles. The van der Waals surface area contributed by atoms with Crippen LogP contribution in [0.4, 0.5) is 0 Å². The topological polar surface area (TPSA) is 48.3 Å². The van der Waals surface area contributed by atoms with E-state index in [0.717, 1.165) is 29.8 Å². The van der Waals surface area contributed by atoms with E-state index in [1.165, 1.54) is 7.11 Å². The normalized spacial score (nSPS) is 14.8. The third kappa shape index (κ3) is 1.75. The number of aromatic nitrogens is 1. The number of fused-ring (bicyclic) bond motifs is 1. The highest BCUT2D eigenvalue weighted by molar-refractivity contribution is 5.98. The standard InChI is InChI=1S/C12H15NO3/c1-8-6-9-10(4-3-5-11(9)14)13(8)7-12(15)16-2/h6H,3-5,7H2,1-2H3. The van der Waals surface area contributed by atoms with E-state index in [0.29, 0.717) is 6.42 Å². The number of esters is 1. The zero-order valence-corrected chi connectivity index (χ0v) is 9.58. The first kappa shape index (κ1) is 10.9. The van der Waals surface area contributed by atoms with E-state index in [4.69, 9.17) is 0 Å². The lowest BCUT2D eigenvalue weighted by Crippen LogP contribution is -2.18. The van der Waals surface area contributed by atoms with Crippen molar-refractivity contribution in [3.63, 3.8) is 0 Å². The summed E-state index contributed by atoms with van der Waals surface area (Å²) in [7, 11) is 1.37. The zero-order chi connectivity index (χ0) is 11.7. The molecule has 1 aromatic rings. The van der Waals surface area contributed by atoms with Gasteiger partial charge in [0, 0.05) is 23.4 Å². The molecule has 4 nitrogen and oxygen atoms in total. The van der Waals surface area contributed by atoms with E-state index in [-0.39, 0.29) is 18.3 Å². The van der Waals surface area contributed by atoms with Crippen LogP contribution in [0.5, 0.6) is 0 Å². The lowest BCUT2D eigenvalue weighted by molar-refractivity contribution is -0.141. The predicted molar refractivity (Wildman–Crippen MR) is 58.5 cm³/mol. The second-order valence-electron chi connectivity index (χ2n) is 4.09. The fraction of sp³-hybridized carbons (Fsp3) is 0.500. The highest BCUT2D eigenvalue weighted by Crippen LogP contribution is 2.24. The first-order valence-corrected chi connectivity index (χ1v) is 5.42. The molecule has 0 spiro atoms. The molecule has 1 heterocycles. The molecule has 0 amide bonds. The van der Waals surface area contributed by atoms with Gasteiger partial charge in [-0.25, -0.2) is 0 Å². The Balaban J connectivity index is 2.38. The minimum Gasteiger partial charge on any atom is -0.468 e. The number of hydrogen-bond acceptors (Lipinski definition) is 3. The lowest BCUT2D eigenvalue weighted by atomic mass is 9.97. The second-order valence-corrected chi connectivity index (χ2v) is 4.09. The number of aryl methyl sites for hydroxylation is 1. The summed E-state index contributed by atoms with van der Waals surface area (Å²) in [5.41, 5.74) is 2.72. The Labute approximate surface area is 94.2 Å². The molecule has 0 aliphatic heterocycles. The fourth-order valence-electron chi connectivity index (χ4n) is 2.20. The minimum absolute atomic E-state index is 0.188. The first-order chi connectivity index (χ1) is 7.63. The van der Waals surface area contributed by atoms with Gasteiger partial charge in [-0.05, 0) is 25.8 Å². The Kier molecular flexibility index (Phi) is 2.81. The van der Waals surface area contributed by atoms with Gasteiger partial charge in [-0.3, -0.25) is 9.59 Å². The van der Waals surface area contributed by atoms with Crippen LogP contribution in [0.15, 0.2) is 6.07 Å². The Bertz CT molecular complexity index is 445. The third-order valence-corrected chi connectivity index (χ3v) is 3.05. The van der Waals surface area contributed by atoms with Gasteiger partial charge in [0.2, 0.25) is 0 Å². The van der Waals surface area contributed by atoms with Gasteiger partial charge < -0.3 is 9.30 Å². The highest BCUT2D eigenvalue weighted by atomic mass is 16.5. The molecule has 0 aromatic carbocycles. The molecule has 0 N–H and O–H groups in total. The number of carbonyl (C=O) groups excluding carboxylic acids is 2. The summed E-state index contributed by atoms with van der Waals surface area (Å²) in [5, 5.41) is 0. The van der Waals surface area contributed by atoms with E-state index in [9.17, 15) is 9.59 Å². The van der Waals surface area contributed by atoms with Gasteiger partial charge in [0.1, 0.15) is 6.54 Å². The number of ketones is 1. The number of nitrogens with zero attached hydrogens (tertiary/aromatic N) is 1. The van der Waals surface area contributed by atoms with Crippen LogP contribution in [0, 0.1) is 6.92 Å². The Morgan fingerprint density at radius 2 is 2.25 bits per heavy atom. The van der Waals surface area contributed by atoms with E-state index < -0.39 is 0 Å². The number of ether oxygens (including phenoxy) is 1. The van der Waals surface area contributed by atoms with Gasteiger partial charge in [-0.2, -0.15) is 0 Å². The molecule has 1 aromatic heterocycles. The number of hydrogen-bond donors (Lipinski definition) is 0. The largest absolute Gasteiger partial charge is 0.468 e. The number of methoxy groups -OCH3 is 1. The summed E-state index contributed by atoms with van der Waals surface area (Å²) in [4.78, 5) is 22.9. The van der Waals surface area contributed by atoms with Crippen molar-refractivity contribution in [2.45, 2.75) is 32.7 Å². The van der Waals surface area contributed by atoms with Crippen molar-refractivity contribution < 1.29 is 14.3 Å². The van der Waals surface area contributed by atoms with Crippen molar-refractivity contribution in [3.8, 4) is 0 Å². The average Bonchev–Trinajstić information content (AvgIpc) is 2.58. The Morgan fingerprint density at radius 3 is 2.94 bits per heavy atom. The van der Waals surface area contributed by atoms with E-state index >= 15 is 0 Å². The van der Waals surface area contributed by atoms with Crippen LogP contribution in [-0.2, 0) is 22.5 Å². The van der Waals surface area contributed by atoms with Crippen molar-refractivity contribution in [1.29, 1.82) is 0 Å². The third-order valence-electron chi connectivity index (χ3n) is 3.05. The first-order valence-electron chi connectivity index (χ1n) is 5.42. The van der Waals surface area contributed by atoms with Crippen molar-refractivity contribution in [3.05, 3.63) is 23.0 Å². The molecule has 0 unspecified atom stereocenters. The maximum atomic E-state index is 11.7. The van der Waals surface area contributed by atoms with Crippen molar-refractivity contribution in [2.75, 3.05) is 7.11 Å². The van der Waals surface area contributed by atoms with E-state index in [2.05, 4.69) is 4.74 Å². The maximum absolute atomic E-state index is 11.7. The lowest BCUT2D eigenvalue weighted by Gasteiger charge is -2.14. The van der Waals surface area contributed by atoms with Crippen molar-refractivity contribution in [1.82, 2.24) is 4.57 Å². The van der Waals surface area contributed by atoms with Gasteiger partial charge in [-0.15, -0.1) is 0 Å². The fourth-order valence-corrected chi connectivity index (χ4v) is 2.20. The highest BCUT2D eigenvalue weighted by Gasteiger charge is 2.23. The van der Waals surface area contributed by atoms with Gasteiger partial charge in [0.15, 0.2) is 5.78 Å². The maximum Gasteiger partial charge on any atom is 0.325 e. The van der Waals surface area contributed by atoms with Crippen LogP contribution < -0.4 is 0 Å². The quantitative estimate of drug-likeness (QED) is 0.711. The molecule has 4 heteroatoms. The van der Waals surface area contributed by atoms with Crippen LogP contribution in [0.3, 0.4) is 0 Å². The smallest absolute Gasteiger partial charge is 0.325 e. The van der Waals surface area contributed by atoms with Gasteiger partial charge >= 0.3 is 5.97 Å². The minimum atomic E-state index is -0.278. The molecule has 2 rings (SSSR count). The van der Waals surface area contributed by atoms with E-state index in [1.54, 1.807) is 0 Å². The summed E-state index contributed by atoms with van der Waals surface area (Å²) in [6.45, 7) is 2.11. The average molecular weight is 221 g/mol. The Hall–Kier alpha value is -1.58. The molecule has 0 atom stereocenters. The summed E-state index contributed by atoms with van der Waals surface area (Å²) < 4.78 is 6.54. The molecule has 0 fully saturated rings. The van der Waals surface area contributed by atoms with E-state index in [1.807, 2.05) is 17.6 Å². The SMILES string of the molecule is COC(=O)Cn1c(C)cc2c1CCCC2=O. The van der Waals surface area contributed by atoms with Crippen LogP contribution in [0.25, 0.3) is 0 Å². The molecule has 0 radical (unpaired) electrons. The summed E-state index contributed by atoms with van der Waals surface area (Å²) in [6.07, 6.45) is 2.36. The van der Waals surface area contributed by atoms with Crippen molar-refractivity contribution >= 4 is 11.8 Å². The van der Waals surface area contributed by atoms with Gasteiger partial charge in [0.25, 0.3) is 0 Å². The molecular weight excluding hydrogens is 206 g/mol. The zero-order valence-electron chi connectivity index (χ0n) is 9.58. The van der Waals surface area contributed by atoms with Gasteiger partial charge in [0.05, 0.1) is 7.11 Å². The molecule has 0 bridgehead atoms. The van der Waals surface area contributed by atoms with Gasteiger partial charge in [-0.1, -0.05) is 0 Å². The van der Waals surface area contributed by atoms with Crippen LogP contribution in [-0.4, -0.2) is 23.4 Å². The molecule has 0 saturated heterocycles. The number of Topliss-reactive ketones (excluding diaryl/α,β-unsaturated/α-hetero) is 1. The second kappa shape index (κ2) is 4.12. The molecule has 0 saturated carbocycles. The number of rotatable bonds is 2. The molecule has 86 valence electrons. The van der Waals surface area contributed by atoms with Crippen LogP contribution >= 0.6 is 0 Å².